The van der Waals surface area contributed by atoms with Crippen LogP contribution in [-0.2, 0) is 6.54 Å². The molecule has 0 radical (unpaired) electrons. The maximum atomic E-state index is 12.4. The lowest BCUT2D eigenvalue weighted by molar-refractivity contribution is 0.0946. The average Bonchev–Trinajstić information content (AvgIpc) is 3.16. The zero-order valence-corrected chi connectivity index (χ0v) is 14.4. The van der Waals surface area contributed by atoms with Crippen LogP contribution in [-0.4, -0.2) is 16.7 Å². The molecule has 0 bridgehead atoms. The molecule has 6 heteroatoms. The van der Waals surface area contributed by atoms with Gasteiger partial charge in [0.1, 0.15) is 5.69 Å². The van der Waals surface area contributed by atoms with Crippen LogP contribution in [0.3, 0.4) is 0 Å². The van der Waals surface area contributed by atoms with E-state index in [2.05, 4.69) is 10.3 Å². The average molecular weight is 364 g/mol. The highest BCUT2D eigenvalue weighted by Crippen LogP contribution is 2.16. The van der Waals surface area contributed by atoms with E-state index in [1.54, 1.807) is 48.5 Å². The van der Waals surface area contributed by atoms with Crippen molar-refractivity contribution in [3.8, 4) is 6.07 Å². The highest BCUT2D eigenvalue weighted by molar-refractivity contribution is 6.31. The lowest BCUT2D eigenvalue weighted by Crippen LogP contribution is -2.23. The van der Waals surface area contributed by atoms with Crippen LogP contribution in [0.4, 0.5) is 0 Å². The monoisotopic (exact) mass is 363 g/mol. The van der Waals surface area contributed by atoms with Crippen LogP contribution >= 0.6 is 11.6 Å². The van der Waals surface area contributed by atoms with Crippen LogP contribution in [0.1, 0.15) is 37.5 Å². The quantitative estimate of drug-likeness (QED) is 0.678. The minimum atomic E-state index is -0.320. The molecule has 26 heavy (non-hydrogen) atoms. The molecule has 0 aliphatic heterocycles. The Morgan fingerprint density at radius 1 is 1.08 bits per heavy atom. The van der Waals surface area contributed by atoms with Crippen molar-refractivity contribution in [2.24, 2.45) is 0 Å². The summed E-state index contributed by atoms with van der Waals surface area (Å²) in [5.41, 5.74) is 2.58. The molecule has 128 valence electrons. The second-order valence-corrected chi connectivity index (χ2v) is 6.07. The van der Waals surface area contributed by atoms with Crippen LogP contribution < -0.4 is 5.32 Å². The Morgan fingerprint density at radius 2 is 1.85 bits per heavy atom. The normalized spacial score (nSPS) is 10.2. The fourth-order valence-electron chi connectivity index (χ4n) is 2.43. The Balaban J connectivity index is 1.66. The molecular formula is C20H14ClN3O2. The molecule has 1 heterocycles. The van der Waals surface area contributed by atoms with Gasteiger partial charge in [-0.15, -0.1) is 0 Å². The van der Waals surface area contributed by atoms with E-state index in [0.29, 0.717) is 34.0 Å². The van der Waals surface area contributed by atoms with E-state index in [-0.39, 0.29) is 11.7 Å². The number of halogens is 1. The highest BCUT2D eigenvalue weighted by Gasteiger charge is 2.14. The van der Waals surface area contributed by atoms with Gasteiger partial charge in [0.05, 0.1) is 11.6 Å². The summed E-state index contributed by atoms with van der Waals surface area (Å²) in [6, 6.07) is 17.1. The number of H-pyrrole nitrogens is 1. The van der Waals surface area contributed by atoms with E-state index in [1.165, 1.54) is 12.3 Å². The number of nitrogens with one attached hydrogen (secondary N) is 2. The summed E-state index contributed by atoms with van der Waals surface area (Å²) in [5.74, 6) is -0.533. The van der Waals surface area contributed by atoms with Gasteiger partial charge in [-0.1, -0.05) is 35.9 Å². The predicted molar refractivity (Wildman–Crippen MR) is 98.0 cm³/mol. The van der Waals surface area contributed by atoms with E-state index in [9.17, 15) is 9.59 Å². The minimum absolute atomic E-state index is 0.213. The van der Waals surface area contributed by atoms with Gasteiger partial charge in [-0.3, -0.25) is 9.59 Å². The number of benzene rings is 2. The van der Waals surface area contributed by atoms with Gasteiger partial charge in [-0.2, -0.15) is 5.26 Å². The van der Waals surface area contributed by atoms with Gasteiger partial charge in [0.25, 0.3) is 5.91 Å². The molecule has 1 aromatic heterocycles. The summed E-state index contributed by atoms with van der Waals surface area (Å²) >= 11 is 5.91. The van der Waals surface area contributed by atoms with E-state index >= 15 is 0 Å². The number of carbonyl (C=O) groups excluding carboxylic acids is 2. The van der Waals surface area contributed by atoms with Crippen LogP contribution in [0.25, 0.3) is 0 Å². The molecule has 0 spiro atoms. The number of carbonyl (C=O) groups is 2. The van der Waals surface area contributed by atoms with Crippen molar-refractivity contribution in [3.63, 3.8) is 0 Å². The zero-order valence-electron chi connectivity index (χ0n) is 13.6. The molecule has 5 nitrogen and oxygen atoms in total. The van der Waals surface area contributed by atoms with Crippen LogP contribution in [0, 0.1) is 11.3 Å². The van der Waals surface area contributed by atoms with Gasteiger partial charge in [0, 0.05) is 28.9 Å². The summed E-state index contributed by atoms with van der Waals surface area (Å²) in [5, 5.41) is 12.0. The van der Waals surface area contributed by atoms with Crippen molar-refractivity contribution in [2.45, 2.75) is 6.54 Å². The molecule has 3 aromatic rings. The van der Waals surface area contributed by atoms with Crippen LogP contribution in [0.15, 0.2) is 60.8 Å². The van der Waals surface area contributed by atoms with Gasteiger partial charge in [0.15, 0.2) is 5.78 Å². The Kier molecular flexibility index (Phi) is 5.16. The second-order valence-electron chi connectivity index (χ2n) is 5.63. The number of ketones is 1. The second kappa shape index (κ2) is 7.68. The first kappa shape index (κ1) is 17.5. The number of hydrogen-bond donors (Lipinski definition) is 2. The van der Waals surface area contributed by atoms with Gasteiger partial charge in [0.2, 0.25) is 0 Å². The van der Waals surface area contributed by atoms with Crippen molar-refractivity contribution in [1.29, 1.82) is 5.26 Å². The van der Waals surface area contributed by atoms with Gasteiger partial charge >= 0.3 is 0 Å². The summed E-state index contributed by atoms with van der Waals surface area (Å²) < 4.78 is 0. The van der Waals surface area contributed by atoms with Crippen molar-refractivity contribution < 1.29 is 9.59 Å². The first-order chi connectivity index (χ1) is 12.6. The maximum Gasteiger partial charge on any atom is 0.267 e. The Morgan fingerprint density at radius 3 is 2.54 bits per heavy atom. The molecule has 2 aromatic carbocycles. The molecule has 0 fully saturated rings. The Bertz CT molecular complexity index is 1000. The summed E-state index contributed by atoms with van der Waals surface area (Å²) in [6.45, 7) is 0.321. The standard InChI is InChI=1S/C20H14ClN3O2/c21-17-3-1-2-15(8-17)19(25)16-9-18(23-12-16)20(26)24-11-14-6-4-13(10-22)5-7-14/h1-9,12,23H,11H2,(H,24,26). The summed E-state index contributed by atoms with van der Waals surface area (Å²) in [7, 11) is 0. The van der Waals surface area contributed by atoms with Crippen molar-refractivity contribution in [2.75, 3.05) is 0 Å². The number of hydrogen-bond acceptors (Lipinski definition) is 3. The fourth-order valence-corrected chi connectivity index (χ4v) is 2.62. The number of rotatable bonds is 5. The molecular weight excluding hydrogens is 350 g/mol. The summed E-state index contributed by atoms with van der Waals surface area (Å²) in [4.78, 5) is 27.5. The van der Waals surface area contributed by atoms with Crippen molar-refractivity contribution in [3.05, 3.63) is 93.8 Å². The van der Waals surface area contributed by atoms with Crippen LogP contribution in [0.2, 0.25) is 5.02 Å². The highest BCUT2D eigenvalue weighted by atomic mass is 35.5. The Labute approximate surface area is 155 Å². The van der Waals surface area contributed by atoms with Gasteiger partial charge in [-0.05, 0) is 35.9 Å². The summed E-state index contributed by atoms with van der Waals surface area (Å²) in [6.07, 6.45) is 1.50. The largest absolute Gasteiger partial charge is 0.356 e. The fraction of sp³-hybridized carbons (Fsp3) is 0.0500. The molecule has 1 amide bonds. The molecule has 0 unspecified atom stereocenters. The molecule has 0 aliphatic rings. The molecule has 0 saturated carbocycles. The van der Waals surface area contributed by atoms with E-state index in [0.717, 1.165) is 5.56 Å². The number of amides is 1. The van der Waals surface area contributed by atoms with E-state index in [1.807, 2.05) is 6.07 Å². The maximum absolute atomic E-state index is 12.4. The third kappa shape index (κ3) is 4.00. The Hall–Kier alpha value is -3.36. The van der Waals surface area contributed by atoms with Crippen molar-refractivity contribution >= 4 is 23.3 Å². The molecule has 3 rings (SSSR count). The SMILES string of the molecule is N#Cc1ccc(CNC(=O)c2cc(C(=O)c3cccc(Cl)c3)c[nH]2)cc1. The first-order valence-electron chi connectivity index (χ1n) is 7.83. The smallest absolute Gasteiger partial charge is 0.267 e. The van der Waals surface area contributed by atoms with Gasteiger partial charge in [-0.25, -0.2) is 0 Å². The lowest BCUT2D eigenvalue weighted by Gasteiger charge is -2.04. The van der Waals surface area contributed by atoms with E-state index in [4.69, 9.17) is 16.9 Å². The predicted octanol–water partition coefficient (Wildman–Crippen LogP) is 3.70. The van der Waals surface area contributed by atoms with Gasteiger partial charge < -0.3 is 10.3 Å². The molecule has 0 atom stereocenters. The van der Waals surface area contributed by atoms with E-state index < -0.39 is 0 Å². The number of nitrogens with zero attached hydrogens (tertiary/aromatic N) is 1. The van der Waals surface area contributed by atoms with Crippen LogP contribution in [0.5, 0.6) is 0 Å². The molecule has 0 aliphatic carbocycles. The van der Waals surface area contributed by atoms with Crippen molar-refractivity contribution in [1.82, 2.24) is 10.3 Å². The number of aromatic nitrogens is 1. The lowest BCUT2D eigenvalue weighted by atomic mass is 10.1. The first-order valence-corrected chi connectivity index (χ1v) is 8.20. The number of aromatic amines is 1. The molecule has 0 saturated heterocycles. The minimum Gasteiger partial charge on any atom is -0.356 e. The third-order valence-corrected chi connectivity index (χ3v) is 4.05. The molecule has 2 N–H and O–H groups in total. The number of nitriles is 1. The zero-order chi connectivity index (χ0) is 18.5. The third-order valence-electron chi connectivity index (χ3n) is 3.81. The topological polar surface area (TPSA) is 85.8 Å².